The number of nitrogens with zero attached hydrogens (tertiary/aromatic N) is 2. The molecule has 0 saturated carbocycles. The zero-order chi connectivity index (χ0) is 7.72. The fourth-order valence-corrected chi connectivity index (χ4v) is 1.26. The summed E-state index contributed by atoms with van der Waals surface area (Å²) in [5.41, 5.74) is 0. The van der Waals surface area contributed by atoms with Crippen molar-refractivity contribution in [3.05, 3.63) is 0 Å². The van der Waals surface area contributed by atoms with Crippen molar-refractivity contribution in [1.29, 1.82) is 0 Å². The lowest BCUT2D eigenvalue weighted by atomic mass is 10.1. The second-order valence-electron chi connectivity index (χ2n) is 3.22. The Morgan fingerprint density at radius 2 is 1.80 bits per heavy atom. The summed E-state index contributed by atoms with van der Waals surface area (Å²) in [5.74, 6) is 0. The van der Waals surface area contributed by atoms with Crippen LogP contribution < -0.4 is 0 Å². The minimum atomic E-state index is 0.0567. The van der Waals surface area contributed by atoms with Gasteiger partial charge >= 0.3 is 0 Å². The third kappa shape index (κ3) is 1.47. The van der Waals surface area contributed by atoms with Gasteiger partial charge < -0.3 is 4.90 Å². The highest BCUT2D eigenvalue weighted by atomic mass is 19.2. The highest BCUT2D eigenvalue weighted by Crippen LogP contribution is 2.12. The Hall–Kier alpha value is -0.150. The molecule has 1 fully saturated rings. The molecule has 0 aromatic heterocycles. The maximum absolute atomic E-state index is 12.8. The van der Waals surface area contributed by atoms with E-state index in [1.165, 1.54) is 0 Å². The summed E-state index contributed by atoms with van der Waals surface area (Å²) in [6.45, 7) is 5.32. The zero-order valence-corrected chi connectivity index (χ0v) is 6.84. The molecule has 60 valence electrons. The van der Waals surface area contributed by atoms with E-state index in [9.17, 15) is 4.48 Å². The maximum Gasteiger partial charge on any atom is 0.0502 e. The molecular weight excluding hydrogens is 131 g/mol. The SMILES string of the molecule is CC1CN(C)[C@@H](C)CN1F. The Balaban J connectivity index is 2.46. The molecular formula is C7H15FN2. The summed E-state index contributed by atoms with van der Waals surface area (Å²) in [6, 6.07) is 0.405. The van der Waals surface area contributed by atoms with Crippen molar-refractivity contribution >= 4 is 0 Å². The Morgan fingerprint density at radius 3 is 2.30 bits per heavy atom. The topological polar surface area (TPSA) is 6.48 Å². The molecule has 10 heavy (non-hydrogen) atoms. The number of rotatable bonds is 0. The highest BCUT2D eigenvalue weighted by molar-refractivity contribution is 4.77. The molecule has 1 saturated heterocycles. The Morgan fingerprint density at radius 1 is 1.20 bits per heavy atom. The molecule has 0 aromatic rings. The van der Waals surface area contributed by atoms with Gasteiger partial charge in [0.25, 0.3) is 0 Å². The molecule has 3 heteroatoms. The van der Waals surface area contributed by atoms with Gasteiger partial charge in [-0.05, 0) is 20.9 Å². The summed E-state index contributed by atoms with van der Waals surface area (Å²) in [4.78, 5) is 2.18. The summed E-state index contributed by atoms with van der Waals surface area (Å²) >= 11 is 0. The van der Waals surface area contributed by atoms with Gasteiger partial charge in [0.1, 0.15) is 0 Å². The van der Waals surface area contributed by atoms with Crippen molar-refractivity contribution in [2.24, 2.45) is 0 Å². The van der Waals surface area contributed by atoms with Crippen LogP contribution >= 0.6 is 0 Å². The minimum Gasteiger partial charge on any atom is -0.301 e. The van der Waals surface area contributed by atoms with Crippen LogP contribution in [0.5, 0.6) is 0 Å². The third-order valence-corrected chi connectivity index (χ3v) is 2.22. The number of hydrogen-bond donors (Lipinski definition) is 0. The molecule has 0 N–H and O–H groups in total. The van der Waals surface area contributed by atoms with Gasteiger partial charge in [0.05, 0.1) is 6.04 Å². The Kier molecular flexibility index (Phi) is 2.26. The van der Waals surface area contributed by atoms with Crippen molar-refractivity contribution in [3.63, 3.8) is 0 Å². The van der Waals surface area contributed by atoms with Gasteiger partial charge in [-0.15, -0.1) is 9.60 Å². The lowest BCUT2D eigenvalue weighted by Crippen LogP contribution is -2.51. The quantitative estimate of drug-likeness (QED) is 0.468. The van der Waals surface area contributed by atoms with E-state index in [1.807, 2.05) is 20.9 Å². The van der Waals surface area contributed by atoms with E-state index in [4.69, 9.17) is 0 Å². The molecule has 0 bridgehead atoms. The van der Waals surface area contributed by atoms with Gasteiger partial charge in [-0.2, -0.15) is 0 Å². The summed E-state index contributed by atoms with van der Waals surface area (Å²) < 4.78 is 12.8. The minimum absolute atomic E-state index is 0.0567. The van der Waals surface area contributed by atoms with Crippen molar-refractivity contribution < 1.29 is 4.48 Å². The van der Waals surface area contributed by atoms with E-state index in [2.05, 4.69) is 4.90 Å². The van der Waals surface area contributed by atoms with Crippen LogP contribution in [0.25, 0.3) is 0 Å². The fourth-order valence-electron chi connectivity index (χ4n) is 1.26. The first kappa shape index (κ1) is 7.95. The first-order chi connectivity index (χ1) is 4.61. The van der Waals surface area contributed by atoms with Gasteiger partial charge in [-0.1, -0.05) is 0 Å². The average molecular weight is 146 g/mol. The molecule has 1 rings (SSSR count). The van der Waals surface area contributed by atoms with Crippen LogP contribution in [0.15, 0.2) is 0 Å². The maximum atomic E-state index is 12.8. The average Bonchev–Trinajstić information content (AvgIpc) is 1.84. The normalized spacial score (nSPS) is 38.4. The van der Waals surface area contributed by atoms with Crippen LogP contribution in [0.2, 0.25) is 0 Å². The molecule has 0 radical (unpaired) electrons. The van der Waals surface area contributed by atoms with E-state index in [0.29, 0.717) is 12.6 Å². The Labute approximate surface area is 61.5 Å². The van der Waals surface area contributed by atoms with Crippen LogP contribution in [0.4, 0.5) is 4.48 Å². The molecule has 1 unspecified atom stereocenters. The van der Waals surface area contributed by atoms with Gasteiger partial charge in [0.15, 0.2) is 0 Å². The van der Waals surface area contributed by atoms with Crippen LogP contribution in [0, 0.1) is 0 Å². The van der Waals surface area contributed by atoms with Crippen LogP contribution in [-0.2, 0) is 0 Å². The molecule has 0 aromatic carbocycles. The van der Waals surface area contributed by atoms with Crippen molar-refractivity contribution in [2.75, 3.05) is 20.1 Å². The number of piperazine rings is 1. The second kappa shape index (κ2) is 2.84. The first-order valence-electron chi connectivity index (χ1n) is 3.74. The lowest BCUT2D eigenvalue weighted by molar-refractivity contribution is -0.0763. The van der Waals surface area contributed by atoms with Crippen LogP contribution in [-0.4, -0.2) is 42.2 Å². The highest BCUT2D eigenvalue weighted by Gasteiger charge is 2.26. The summed E-state index contributed by atoms with van der Waals surface area (Å²) in [6.07, 6.45) is 0. The van der Waals surface area contributed by atoms with Crippen molar-refractivity contribution in [2.45, 2.75) is 25.9 Å². The van der Waals surface area contributed by atoms with Crippen molar-refractivity contribution in [1.82, 2.24) is 10.0 Å². The smallest absolute Gasteiger partial charge is 0.0502 e. The van der Waals surface area contributed by atoms with Gasteiger partial charge in [-0.3, -0.25) is 0 Å². The molecule has 1 heterocycles. The number of hydrogen-bond acceptors (Lipinski definition) is 2. The predicted molar refractivity (Wildman–Crippen MR) is 39.4 cm³/mol. The number of halogens is 1. The summed E-state index contributed by atoms with van der Waals surface area (Å²) in [5, 5.41) is 0.921. The third-order valence-electron chi connectivity index (χ3n) is 2.22. The predicted octanol–water partition coefficient (Wildman–Crippen LogP) is 0.895. The van der Waals surface area contributed by atoms with E-state index < -0.39 is 0 Å². The van der Waals surface area contributed by atoms with E-state index in [0.717, 1.165) is 11.7 Å². The van der Waals surface area contributed by atoms with E-state index in [-0.39, 0.29) is 6.04 Å². The monoisotopic (exact) mass is 146 g/mol. The molecule has 1 aliphatic rings. The molecule has 1 aliphatic heterocycles. The fraction of sp³-hybridized carbons (Fsp3) is 1.00. The largest absolute Gasteiger partial charge is 0.301 e. The molecule has 0 aliphatic carbocycles. The van der Waals surface area contributed by atoms with Crippen molar-refractivity contribution in [3.8, 4) is 0 Å². The second-order valence-corrected chi connectivity index (χ2v) is 3.22. The standard InChI is InChI=1S/C7H15FN2/c1-6-5-10(8)7(2)4-9(6)3/h6-7H,4-5H2,1-3H3/t6-,7?/m0/s1. The molecule has 2 atom stereocenters. The number of likely N-dealkylation sites (N-methyl/N-ethyl adjacent to an activating group) is 1. The van der Waals surface area contributed by atoms with Crippen LogP contribution in [0.3, 0.4) is 0 Å². The molecule has 2 nitrogen and oxygen atoms in total. The van der Waals surface area contributed by atoms with Gasteiger partial charge in [-0.25, -0.2) is 0 Å². The summed E-state index contributed by atoms with van der Waals surface area (Å²) in [7, 11) is 2.04. The molecule has 0 spiro atoms. The van der Waals surface area contributed by atoms with E-state index in [1.54, 1.807) is 0 Å². The van der Waals surface area contributed by atoms with Gasteiger partial charge in [0, 0.05) is 19.1 Å². The first-order valence-corrected chi connectivity index (χ1v) is 3.74. The zero-order valence-electron chi connectivity index (χ0n) is 6.84. The lowest BCUT2D eigenvalue weighted by Gasteiger charge is -2.37. The van der Waals surface area contributed by atoms with Gasteiger partial charge in [0.2, 0.25) is 0 Å². The Bertz CT molecular complexity index is 92.2. The molecule has 0 amide bonds. The van der Waals surface area contributed by atoms with Crippen LogP contribution in [0.1, 0.15) is 13.8 Å². The van der Waals surface area contributed by atoms with E-state index >= 15 is 0 Å².